The van der Waals surface area contributed by atoms with Gasteiger partial charge in [0, 0.05) is 75.1 Å². The van der Waals surface area contributed by atoms with Gasteiger partial charge in [-0.2, -0.15) is 0 Å². The molecule has 3 saturated carbocycles. The zero-order valence-electron chi connectivity index (χ0n) is 37.1. The molecule has 2 saturated heterocycles. The Morgan fingerprint density at radius 2 is 1.18 bits per heavy atom. The molecule has 5 amide bonds. The molecule has 2 heterocycles. The number of amides is 5. The second kappa shape index (κ2) is 20.0. The van der Waals surface area contributed by atoms with Crippen LogP contribution < -0.4 is 0 Å². The summed E-state index contributed by atoms with van der Waals surface area (Å²) in [7, 11) is 0. The van der Waals surface area contributed by atoms with Gasteiger partial charge in [-0.25, -0.2) is 4.79 Å². The number of hydrogen-bond acceptors (Lipinski definition) is 7. The van der Waals surface area contributed by atoms with Crippen LogP contribution in [0.1, 0.15) is 72.6 Å². The molecule has 0 aromatic heterocycles. The lowest BCUT2D eigenvalue weighted by atomic mass is 9.97. The van der Waals surface area contributed by atoms with Gasteiger partial charge >= 0.3 is 6.09 Å². The number of carbonyl (C=O) groups excluding carboxylic acids is 5. The highest BCUT2D eigenvalue weighted by atomic mass is 35.5. The molecule has 13 heteroatoms. The molecule has 11 nitrogen and oxygen atoms in total. The van der Waals surface area contributed by atoms with Crippen LogP contribution in [0.3, 0.4) is 0 Å². The second-order valence-corrected chi connectivity index (χ2v) is 19.8. The number of thioether (sulfide) groups is 1. The Hall–Kier alpha value is -5.33. The van der Waals surface area contributed by atoms with Crippen LogP contribution in [-0.4, -0.2) is 125 Å². The fourth-order valence-corrected chi connectivity index (χ4v) is 11.2. The van der Waals surface area contributed by atoms with E-state index in [0.29, 0.717) is 63.1 Å². The van der Waals surface area contributed by atoms with Crippen molar-refractivity contribution in [2.45, 2.75) is 74.8 Å². The molecule has 5 fully saturated rings. The summed E-state index contributed by atoms with van der Waals surface area (Å²) in [6.07, 6.45) is 4.99. The molecule has 2 aliphatic heterocycles. The van der Waals surface area contributed by atoms with Crippen molar-refractivity contribution in [3.05, 3.63) is 124 Å². The maximum atomic E-state index is 13.8. The third-order valence-corrected chi connectivity index (χ3v) is 15.5. The van der Waals surface area contributed by atoms with Crippen molar-refractivity contribution in [3.8, 4) is 11.1 Å². The fourth-order valence-electron chi connectivity index (χ4n) is 9.95. The quantitative estimate of drug-likeness (QED) is 0.124. The molecule has 0 spiro atoms. The van der Waals surface area contributed by atoms with Crippen LogP contribution in [0.5, 0.6) is 0 Å². The molecular weight excluding hydrogens is 858 g/mol. The van der Waals surface area contributed by atoms with Crippen LogP contribution in [0, 0.1) is 18.8 Å². The Labute approximate surface area is 391 Å². The van der Waals surface area contributed by atoms with E-state index in [1.54, 1.807) is 9.80 Å². The third kappa shape index (κ3) is 10.7. The Balaban J connectivity index is 0.730. The van der Waals surface area contributed by atoms with E-state index in [1.807, 2.05) is 70.2 Å². The van der Waals surface area contributed by atoms with E-state index in [1.165, 1.54) is 11.8 Å². The maximum absolute atomic E-state index is 13.8. The third-order valence-electron chi connectivity index (χ3n) is 14.0. The van der Waals surface area contributed by atoms with Crippen LogP contribution in [0.25, 0.3) is 11.1 Å². The van der Waals surface area contributed by atoms with Gasteiger partial charge in [0.2, 0.25) is 23.6 Å². The van der Waals surface area contributed by atoms with Gasteiger partial charge in [-0.1, -0.05) is 109 Å². The first-order valence-electron chi connectivity index (χ1n) is 23.3. The Morgan fingerprint density at radius 1 is 0.646 bits per heavy atom. The minimum Gasteiger partial charge on any atom is -0.445 e. The summed E-state index contributed by atoms with van der Waals surface area (Å²) in [4.78, 5) is 77.2. The largest absolute Gasteiger partial charge is 0.445 e. The zero-order valence-corrected chi connectivity index (χ0v) is 38.7. The lowest BCUT2D eigenvalue weighted by Gasteiger charge is -2.36. The van der Waals surface area contributed by atoms with Crippen molar-refractivity contribution in [2.75, 3.05) is 64.7 Å². The van der Waals surface area contributed by atoms with E-state index in [9.17, 15) is 24.0 Å². The molecule has 340 valence electrons. The van der Waals surface area contributed by atoms with E-state index in [2.05, 4.69) is 48.5 Å². The molecular formula is C52H58ClN5O6S. The Morgan fingerprint density at radius 3 is 1.74 bits per heavy atom. The summed E-state index contributed by atoms with van der Waals surface area (Å²) < 4.78 is 5.66. The number of halogens is 1. The summed E-state index contributed by atoms with van der Waals surface area (Å²) in [6.45, 7) is 6.17. The Kier molecular flexibility index (Phi) is 13.8. The molecule has 5 aliphatic rings. The van der Waals surface area contributed by atoms with Gasteiger partial charge in [-0.15, -0.1) is 11.8 Å². The average molecular weight is 917 g/mol. The lowest BCUT2D eigenvalue weighted by molar-refractivity contribution is -0.141. The lowest BCUT2D eigenvalue weighted by Crippen LogP contribution is -2.54. The van der Waals surface area contributed by atoms with Gasteiger partial charge in [0.25, 0.3) is 0 Å². The molecule has 4 aromatic rings. The van der Waals surface area contributed by atoms with Crippen molar-refractivity contribution in [1.29, 1.82) is 0 Å². The van der Waals surface area contributed by atoms with Gasteiger partial charge in [0.15, 0.2) is 0 Å². The fraction of sp³-hybridized carbons (Fsp3) is 0.442. The van der Waals surface area contributed by atoms with Crippen molar-refractivity contribution in [3.63, 3.8) is 0 Å². The normalized spacial score (nSPS) is 21.8. The smallest absolute Gasteiger partial charge is 0.410 e. The highest BCUT2D eigenvalue weighted by Crippen LogP contribution is 2.51. The molecule has 1 unspecified atom stereocenters. The molecule has 0 N–H and O–H groups in total. The van der Waals surface area contributed by atoms with E-state index < -0.39 is 6.09 Å². The molecule has 65 heavy (non-hydrogen) atoms. The molecule has 4 aromatic carbocycles. The number of hydrogen-bond donors (Lipinski definition) is 0. The Bertz CT molecular complexity index is 2400. The van der Waals surface area contributed by atoms with Gasteiger partial charge in [-0.3, -0.25) is 24.1 Å². The summed E-state index contributed by atoms with van der Waals surface area (Å²) in [5.41, 5.74) is 6.50. The molecule has 4 atom stereocenters. The predicted molar refractivity (Wildman–Crippen MR) is 252 cm³/mol. The number of piperazine rings is 2. The van der Waals surface area contributed by atoms with Crippen LogP contribution >= 0.6 is 23.4 Å². The summed E-state index contributed by atoms with van der Waals surface area (Å²) in [5, 5.41) is 0.663. The van der Waals surface area contributed by atoms with Gasteiger partial charge in [-0.05, 0) is 90.0 Å². The highest BCUT2D eigenvalue weighted by Gasteiger charge is 2.48. The minimum atomic E-state index is -0.447. The number of nitrogens with zero attached hydrogens (tertiary/aromatic N) is 5. The molecule has 0 bridgehead atoms. The number of benzene rings is 4. The molecule has 9 rings (SSSR count). The standard InChI is InChI=1S/C52H58ClN5O6S/c1-35-17-18-47(46(53)27-35)65-34-49(60)55-21-25-57(26-22-55)51(62)45-31-43(45)40-14-8-12-38(29-40)37-11-7-13-39(28-37)42-30-44(42)50(61)56-23-19-54(20-24-56)48(59)32-58(41-15-5-6-16-41)52(63)64-33-36-9-3-2-4-10-36/h2-4,7-14,17-18,27-29,41-45H,5-6,15-16,19-26,30-34H2,1H3/t42-,43-,44?,45+/m0/s1. The van der Waals surface area contributed by atoms with E-state index in [4.69, 9.17) is 16.3 Å². The topological polar surface area (TPSA) is 111 Å². The second-order valence-electron chi connectivity index (χ2n) is 18.4. The maximum Gasteiger partial charge on any atom is 0.410 e. The van der Waals surface area contributed by atoms with Gasteiger partial charge < -0.3 is 24.3 Å². The van der Waals surface area contributed by atoms with E-state index in [-0.39, 0.29) is 66.5 Å². The highest BCUT2D eigenvalue weighted by molar-refractivity contribution is 8.00. The minimum absolute atomic E-state index is 0.000514. The number of carbonyl (C=O) groups is 5. The number of ether oxygens (including phenoxy) is 1. The monoisotopic (exact) mass is 915 g/mol. The predicted octanol–water partition coefficient (Wildman–Crippen LogP) is 8.24. The zero-order chi connectivity index (χ0) is 45.0. The van der Waals surface area contributed by atoms with Crippen LogP contribution in [0.4, 0.5) is 4.79 Å². The number of aryl methyl sites for hydroxylation is 1. The van der Waals surface area contributed by atoms with Gasteiger partial charge in [0.05, 0.1) is 10.8 Å². The first-order chi connectivity index (χ1) is 31.6. The van der Waals surface area contributed by atoms with Crippen molar-refractivity contribution in [2.24, 2.45) is 11.8 Å². The van der Waals surface area contributed by atoms with Crippen molar-refractivity contribution < 1.29 is 28.7 Å². The van der Waals surface area contributed by atoms with Gasteiger partial charge in [0.1, 0.15) is 13.2 Å². The van der Waals surface area contributed by atoms with Crippen molar-refractivity contribution in [1.82, 2.24) is 24.5 Å². The van der Waals surface area contributed by atoms with Crippen LogP contribution in [0.15, 0.2) is 102 Å². The van der Waals surface area contributed by atoms with Crippen LogP contribution in [-0.2, 0) is 30.5 Å². The van der Waals surface area contributed by atoms with Crippen LogP contribution in [0.2, 0.25) is 5.02 Å². The number of rotatable bonds is 13. The SMILES string of the molecule is Cc1ccc(SCC(=O)N2CCN(C(=O)[C@@H]3C[C@H]3c3cccc(-c4cccc([C@@H]5CC5C(=O)N5CCN(C(=O)CN(C(=O)OCc6ccccc6)C6CCCC6)CC5)c4)c3)CC2)c(Cl)c1. The molecule has 3 aliphatic carbocycles. The van der Waals surface area contributed by atoms with E-state index in [0.717, 1.165) is 76.8 Å². The molecule has 0 radical (unpaired) electrons. The first kappa shape index (κ1) is 44.9. The summed E-state index contributed by atoms with van der Waals surface area (Å²) >= 11 is 7.83. The van der Waals surface area contributed by atoms with Crippen molar-refractivity contribution >= 4 is 53.1 Å². The summed E-state index contributed by atoms with van der Waals surface area (Å²) in [6, 6.07) is 32.5. The summed E-state index contributed by atoms with van der Waals surface area (Å²) in [5.74, 6) is 0.810. The van der Waals surface area contributed by atoms with E-state index >= 15 is 0 Å². The average Bonchev–Trinajstić information content (AvgIpc) is 4.27. The first-order valence-corrected chi connectivity index (χ1v) is 24.7.